The van der Waals surface area contributed by atoms with Crippen LogP contribution in [0.25, 0.3) is 0 Å². The molecular weight excluding hydrogens is 320 g/mol. The third-order valence-electron chi connectivity index (χ3n) is 5.24. The zero-order valence-electron chi connectivity index (χ0n) is 15.7. The lowest BCUT2D eigenvalue weighted by Crippen LogP contribution is -2.67. The molecule has 2 aromatic carbocycles. The van der Waals surface area contributed by atoms with E-state index in [9.17, 15) is 0 Å². The van der Waals surface area contributed by atoms with Crippen molar-refractivity contribution in [1.29, 1.82) is 0 Å². The second-order valence-corrected chi connectivity index (χ2v) is 12.3. The Morgan fingerprint density at radius 1 is 0.760 bits per heavy atom. The Bertz CT molecular complexity index is 636. The van der Waals surface area contributed by atoms with Crippen LogP contribution in [-0.4, -0.2) is 14.4 Å². The number of allylic oxidation sites excluding steroid dienone is 2. The Balaban J connectivity index is 2.11. The van der Waals surface area contributed by atoms with Gasteiger partial charge in [0.25, 0.3) is 8.32 Å². The van der Waals surface area contributed by atoms with E-state index in [2.05, 4.69) is 93.6 Å². The third-order valence-corrected chi connectivity index (χ3v) is 10.3. The van der Waals surface area contributed by atoms with Gasteiger partial charge >= 0.3 is 0 Å². The van der Waals surface area contributed by atoms with E-state index in [-0.39, 0.29) is 5.04 Å². The molecule has 3 rings (SSSR count). The van der Waals surface area contributed by atoms with Crippen molar-refractivity contribution in [3.63, 3.8) is 0 Å². The number of benzene rings is 2. The molecule has 0 N–H and O–H groups in total. The van der Waals surface area contributed by atoms with Crippen molar-refractivity contribution < 1.29 is 4.43 Å². The van der Waals surface area contributed by atoms with E-state index in [1.54, 1.807) is 0 Å². The summed E-state index contributed by atoms with van der Waals surface area (Å²) in [6, 6.07) is 21.9. The van der Waals surface area contributed by atoms with Gasteiger partial charge < -0.3 is 4.43 Å². The predicted molar refractivity (Wildman–Crippen MR) is 110 cm³/mol. The summed E-state index contributed by atoms with van der Waals surface area (Å²) in [5.74, 6) is 0. The summed E-state index contributed by atoms with van der Waals surface area (Å²) < 4.78 is 7.19. The normalized spacial score (nSPS) is 16.6. The van der Waals surface area contributed by atoms with Gasteiger partial charge in [-0.25, -0.2) is 0 Å². The van der Waals surface area contributed by atoms with Gasteiger partial charge in [0, 0.05) is 6.10 Å². The average molecular weight is 351 g/mol. The fourth-order valence-corrected chi connectivity index (χ4v) is 8.75. The molecule has 0 radical (unpaired) electrons. The zero-order chi connectivity index (χ0) is 17.8. The fourth-order valence-electron chi connectivity index (χ4n) is 4.00. The highest BCUT2D eigenvalue weighted by molar-refractivity contribution is 6.99. The molecule has 0 bridgehead atoms. The Hall–Kier alpha value is -1.64. The van der Waals surface area contributed by atoms with Crippen LogP contribution in [0.1, 0.15) is 46.5 Å². The maximum Gasteiger partial charge on any atom is 0.261 e. The molecule has 0 amide bonds. The van der Waals surface area contributed by atoms with Gasteiger partial charge in [-0.3, -0.25) is 0 Å². The Morgan fingerprint density at radius 3 is 1.60 bits per heavy atom. The molecular formula is C23H30OSi. The molecule has 0 saturated carbocycles. The summed E-state index contributed by atoms with van der Waals surface area (Å²) in [4.78, 5) is 0. The van der Waals surface area contributed by atoms with Crippen LogP contribution < -0.4 is 10.4 Å². The minimum absolute atomic E-state index is 0.0649. The van der Waals surface area contributed by atoms with Crippen molar-refractivity contribution in [2.45, 2.75) is 57.6 Å². The maximum absolute atomic E-state index is 7.19. The van der Waals surface area contributed by atoms with Crippen LogP contribution in [-0.2, 0) is 4.43 Å². The molecule has 0 aromatic heterocycles. The minimum atomic E-state index is -2.39. The van der Waals surface area contributed by atoms with Gasteiger partial charge in [0.15, 0.2) is 0 Å². The molecule has 0 aliphatic heterocycles. The predicted octanol–water partition coefficient (Wildman–Crippen LogP) is 5.06. The van der Waals surface area contributed by atoms with Gasteiger partial charge in [0.1, 0.15) is 0 Å². The minimum Gasteiger partial charge on any atom is -0.404 e. The molecule has 0 unspecified atom stereocenters. The van der Waals surface area contributed by atoms with Crippen LogP contribution in [0.15, 0.2) is 72.8 Å². The monoisotopic (exact) mass is 350 g/mol. The first-order chi connectivity index (χ1) is 12.0. The first kappa shape index (κ1) is 18.2. The number of rotatable bonds is 4. The summed E-state index contributed by atoms with van der Waals surface area (Å²) >= 11 is 0. The van der Waals surface area contributed by atoms with E-state index in [1.807, 2.05) is 0 Å². The van der Waals surface area contributed by atoms with Gasteiger partial charge in [-0.05, 0) is 41.1 Å². The summed E-state index contributed by atoms with van der Waals surface area (Å²) in [5, 5.41) is 2.83. The van der Waals surface area contributed by atoms with Crippen molar-refractivity contribution >= 4 is 18.7 Å². The van der Waals surface area contributed by atoms with Crippen molar-refractivity contribution in [3.8, 4) is 0 Å². The largest absolute Gasteiger partial charge is 0.404 e. The maximum atomic E-state index is 7.19. The molecule has 2 heteroatoms. The summed E-state index contributed by atoms with van der Waals surface area (Å²) in [7, 11) is -2.39. The molecule has 0 spiro atoms. The smallest absolute Gasteiger partial charge is 0.261 e. The van der Waals surface area contributed by atoms with Crippen LogP contribution in [0.3, 0.4) is 0 Å². The van der Waals surface area contributed by atoms with Crippen molar-refractivity contribution in [2.75, 3.05) is 0 Å². The van der Waals surface area contributed by atoms with Gasteiger partial charge in [0.05, 0.1) is 0 Å². The van der Waals surface area contributed by atoms with E-state index in [1.165, 1.54) is 10.4 Å². The van der Waals surface area contributed by atoms with Crippen LogP contribution >= 0.6 is 0 Å². The molecule has 0 saturated heterocycles. The zero-order valence-corrected chi connectivity index (χ0v) is 16.7. The van der Waals surface area contributed by atoms with Crippen LogP contribution in [0, 0.1) is 0 Å². The molecule has 0 heterocycles. The fraction of sp³-hybridized carbons (Fsp3) is 0.391. The van der Waals surface area contributed by atoms with E-state index < -0.39 is 8.32 Å². The summed E-state index contributed by atoms with van der Waals surface area (Å²) in [5.41, 5.74) is 0. The summed E-state index contributed by atoms with van der Waals surface area (Å²) in [6.07, 6.45) is 9.47. The number of hydrogen-bond donors (Lipinski definition) is 0. The van der Waals surface area contributed by atoms with Gasteiger partial charge in [-0.15, -0.1) is 0 Å². The van der Waals surface area contributed by atoms with Gasteiger partial charge in [-0.2, -0.15) is 0 Å². The van der Waals surface area contributed by atoms with E-state index in [0.717, 1.165) is 25.7 Å². The Labute approximate surface area is 153 Å². The second kappa shape index (κ2) is 7.71. The van der Waals surface area contributed by atoms with Crippen LogP contribution in [0.2, 0.25) is 5.04 Å². The molecule has 25 heavy (non-hydrogen) atoms. The van der Waals surface area contributed by atoms with Gasteiger partial charge in [0.2, 0.25) is 0 Å². The molecule has 0 fully saturated rings. The molecule has 0 atom stereocenters. The topological polar surface area (TPSA) is 9.23 Å². The lowest BCUT2D eigenvalue weighted by molar-refractivity contribution is 0.172. The first-order valence-corrected chi connectivity index (χ1v) is 11.4. The first-order valence-electron chi connectivity index (χ1n) is 9.48. The Morgan fingerprint density at radius 2 is 1.20 bits per heavy atom. The van der Waals surface area contributed by atoms with Crippen LogP contribution in [0.4, 0.5) is 0 Å². The molecule has 132 valence electrons. The SMILES string of the molecule is CC(C)(C)[Si](OC1CCC=CCC1)(c1ccccc1)c1ccccc1. The van der Waals surface area contributed by atoms with Crippen LogP contribution in [0.5, 0.6) is 0 Å². The highest BCUT2D eigenvalue weighted by Crippen LogP contribution is 2.38. The van der Waals surface area contributed by atoms with Crippen molar-refractivity contribution in [1.82, 2.24) is 0 Å². The van der Waals surface area contributed by atoms with E-state index in [4.69, 9.17) is 4.43 Å². The highest BCUT2D eigenvalue weighted by Gasteiger charge is 2.51. The third kappa shape index (κ3) is 3.80. The molecule has 1 aliphatic rings. The molecule has 2 aromatic rings. The van der Waals surface area contributed by atoms with Gasteiger partial charge in [-0.1, -0.05) is 93.6 Å². The Kier molecular flexibility index (Phi) is 5.60. The highest BCUT2D eigenvalue weighted by atomic mass is 28.4. The second-order valence-electron chi connectivity index (χ2n) is 8.03. The van der Waals surface area contributed by atoms with Crippen molar-refractivity contribution in [2.24, 2.45) is 0 Å². The van der Waals surface area contributed by atoms with E-state index >= 15 is 0 Å². The average Bonchev–Trinajstić information content (AvgIpc) is 2.89. The van der Waals surface area contributed by atoms with E-state index in [0.29, 0.717) is 6.10 Å². The van der Waals surface area contributed by atoms with Crippen molar-refractivity contribution in [3.05, 3.63) is 72.8 Å². The molecule has 1 nitrogen and oxygen atoms in total. The lowest BCUT2D eigenvalue weighted by Gasteiger charge is -2.45. The summed E-state index contributed by atoms with van der Waals surface area (Å²) in [6.45, 7) is 7.07. The molecule has 1 aliphatic carbocycles. The quantitative estimate of drug-likeness (QED) is 0.553. The number of hydrogen-bond acceptors (Lipinski definition) is 1. The standard InChI is InChI=1S/C23H30OSi/c1-23(2,3)25(21-16-10-6-11-17-21,22-18-12-7-13-19-22)24-20-14-8-4-5-9-15-20/h4-7,10-13,16-20H,8-9,14-15H2,1-3H3. The lowest BCUT2D eigenvalue weighted by atomic mass is 10.1.